The zero-order valence-electron chi connectivity index (χ0n) is 15.3. The largest absolute Gasteiger partial charge is 1.00 e. The SMILES string of the molecule is [2H]C([2H])([2H])N(CC(=O)[O-])C(=N)NC(=O)CCCCCCCC.[Na+]. The minimum absolute atomic E-state index is 0. The molecule has 0 heterocycles. The molecule has 20 heavy (non-hydrogen) atoms. The van der Waals surface area contributed by atoms with Gasteiger partial charge in [0.25, 0.3) is 0 Å². The Morgan fingerprint density at radius 1 is 1.25 bits per heavy atom. The first-order chi connectivity index (χ1) is 10.2. The first-order valence-corrected chi connectivity index (χ1v) is 6.54. The fourth-order valence-electron chi connectivity index (χ4n) is 1.54. The van der Waals surface area contributed by atoms with E-state index in [4.69, 9.17) is 9.52 Å². The van der Waals surface area contributed by atoms with Crippen molar-refractivity contribution < 1.29 is 48.4 Å². The zero-order valence-corrected chi connectivity index (χ0v) is 14.3. The number of likely N-dealkylation sites (N-methyl/N-ethyl adjacent to an activating group) is 1. The van der Waals surface area contributed by atoms with Crippen molar-refractivity contribution in [3.05, 3.63) is 0 Å². The number of aliphatic carboxylic acids is 1. The molecule has 110 valence electrons. The van der Waals surface area contributed by atoms with Crippen molar-refractivity contribution in [3.8, 4) is 0 Å². The van der Waals surface area contributed by atoms with Crippen LogP contribution >= 0.6 is 0 Å². The van der Waals surface area contributed by atoms with E-state index in [0.717, 1.165) is 32.1 Å². The molecule has 7 heteroatoms. The van der Waals surface area contributed by atoms with Gasteiger partial charge in [0.05, 0.1) is 12.5 Å². The predicted octanol–water partition coefficient (Wildman–Crippen LogP) is -2.53. The molecule has 0 fully saturated rings. The number of carboxylic acid groups (broad SMARTS) is 1. The number of guanidine groups is 1. The average molecular weight is 296 g/mol. The molecule has 6 nitrogen and oxygen atoms in total. The zero-order chi connectivity index (χ0) is 17.2. The fraction of sp³-hybridized carbons (Fsp3) is 0.769. The van der Waals surface area contributed by atoms with Crippen molar-refractivity contribution in [1.82, 2.24) is 10.2 Å². The Kier molecular flexibility index (Phi) is 10.6. The molecule has 2 N–H and O–H groups in total. The Labute approximate surface area is 147 Å². The van der Waals surface area contributed by atoms with Crippen molar-refractivity contribution in [3.63, 3.8) is 0 Å². The van der Waals surface area contributed by atoms with Gasteiger partial charge in [-0.15, -0.1) is 0 Å². The summed E-state index contributed by atoms with van der Waals surface area (Å²) in [5.41, 5.74) is 0. The van der Waals surface area contributed by atoms with Crippen LogP contribution in [-0.4, -0.2) is 36.3 Å². The number of carbonyl (C=O) groups is 2. The first kappa shape index (κ1) is 15.8. The van der Waals surface area contributed by atoms with E-state index in [2.05, 4.69) is 12.2 Å². The normalized spacial score (nSPS) is 12.3. The summed E-state index contributed by atoms with van der Waals surface area (Å²) in [6, 6.07) is 0. The van der Waals surface area contributed by atoms with Crippen LogP contribution in [0, 0.1) is 5.41 Å². The number of amides is 1. The molecule has 0 aliphatic rings. The maximum atomic E-state index is 11.6. The van der Waals surface area contributed by atoms with E-state index in [1.807, 2.05) is 0 Å². The molecule has 0 bridgehead atoms. The van der Waals surface area contributed by atoms with Gasteiger partial charge in [0.2, 0.25) is 5.91 Å². The molecule has 0 saturated carbocycles. The molecule has 0 aliphatic carbocycles. The van der Waals surface area contributed by atoms with Crippen LogP contribution in [0.5, 0.6) is 0 Å². The molecular formula is C13H24N3NaO3. The van der Waals surface area contributed by atoms with Gasteiger partial charge < -0.3 is 14.8 Å². The molecule has 0 aromatic heterocycles. The molecule has 0 aliphatic heterocycles. The van der Waals surface area contributed by atoms with Gasteiger partial charge in [-0.3, -0.25) is 15.5 Å². The minimum atomic E-state index is -2.83. The van der Waals surface area contributed by atoms with E-state index in [-0.39, 0.29) is 36.0 Å². The summed E-state index contributed by atoms with van der Waals surface area (Å²) >= 11 is 0. The van der Waals surface area contributed by atoms with Crippen molar-refractivity contribution >= 4 is 17.8 Å². The number of nitrogens with one attached hydrogen (secondary N) is 2. The number of unbranched alkanes of at least 4 members (excludes halogenated alkanes) is 5. The quantitative estimate of drug-likeness (QED) is 0.212. The molecule has 0 aromatic carbocycles. The fourth-order valence-corrected chi connectivity index (χ4v) is 1.54. The van der Waals surface area contributed by atoms with Gasteiger partial charge in [-0.2, -0.15) is 0 Å². The van der Waals surface area contributed by atoms with Crippen molar-refractivity contribution in [1.29, 1.82) is 5.41 Å². The average Bonchev–Trinajstić information content (AvgIpc) is 2.38. The van der Waals surface area contributed by atoms with Gasteiger partial charge in [0.15, 0.2) is 5.96 Å². The topological polar surface area (TPSA) is 96.3 Å². The van der Waals surface area contributed by atoms with Crippen LogP contribution in [0.1, 0.15) is 56.0 Å². The maximum absolute atomic E-state index is 11.6. The summed E-state index contributed by atoms with van der Waals surface area (Å²) in [5.74, 6) is -2.88. The first-order valence-electron chi connectivity index (χ1n) is 8.04. The summed E-state index contributed by atoms with van der Waals surface area (Å²) in [6.45, 7) is -1.69. The maximum Gasteiger partial charge on any atom is 1.00 e. The Balaban J connectivity index is 0. The van der Waals surface area contributed by atoms with E-state index in [0.29, 0.717) is 11.3 Å². The van der Waals surface area contributed by atoms with Gasteiger partial charge in [-0.1, -0.05) is 39.0 Å². The summed E-state index contributed by atoms with van der Waals surface area (Å²) in [6.07, 6.45) is 6.17. The number of rotatable bonds is 9. The van der Waals surface area contributed by atoms with Crippen molar-refractivity contribution in [2.24, 2.45) is 0 Å². The van der Waals surface area contributed by atoms with Gasteiger partial charge in [-0.05, 0) is 6.42 Å². The Morgan fingerprint density at radius 2 is 1.85 bits per heavy atom. The molecule has 0 aromatic rings. The van der Waals surface area contributed by atoms with Crippen LogP contribution in [0.3, 0.4) is 0 Å². The van der Waals surface area contributed by atoms with E-state index in [1.54, 1.807) is 0 Å². The van der Waals surface area contributed by atoms with Gasteiger partial charge in [-0.25, -0.2) is 0 Å². The second-order valence-corrected chi connectivity index (χ2v) is 4.37. The number of hydrogen-bond donors (Lipinski definition) is 2. The van der Waals surface area contributed by atoms with Crippen LogP contribution in [0.15, 0.2) is 0 Å². The monoisotopic (exact) mass is 296 g/mol. The third-order valence-electron chi connectivity index (χ3n) is 2.57. The Morgan fingerprint density at radius 3 is 2.40 bits per heavy atom. The van der Waals surface area contributed by atoms with Crippen LogP contribution in [0.4, 0.5) is 0 Å². The van der Waals surface area contributed by atoms with Crippen LogP contribution in [0.25, 0.3) is 0 Å². The van der Waals surface area contributed by atoms with E-state index in [1.165, 1.54) is 0 Å². The van der Waals surface area contributed by atoms with E-state index >= 15 is 0 Å². The smallest absolute Gasteiger partial charge is 0.548 e. The number of hydrogen-bond acceptors (Lipinski definition) is 4. The van der Waals surface area contributed by atoms with Crippen molar-refractivity contribution in [2.75, 3.05) is 13.5 Å². The summed E-state index contributed by atoms with van der Waals surface area (Å²) in [7, 11) is 0. The molecule has 0 spiro atoms. The molecule has 0 atom stereocenters. The molecular weight excluding hydrogens is 269 g/mol. The summed E-state index contributed by atoms with van der Waals surface area (Å²) in [4.78, 5) is 22.5. The van der Waals surface area contributed by atoms with Crippen LogP contribution in [-0.2, 0) is 9.59 Å². The van der Waals surface area contributed by atoms with Crippen LogP contribution in [0.2, 0.25) is 0 Å². The number of nitrogens with zero attached hydrogens (tertiary/aromatic N) is 1. The predicted molar refractivity (Wildman–Crippen MR) is 71.5 cm³/mol. The molecule has 0 rings (SSSR count). The minimum Gasteiger partial charge on any atom is -0.548 e. The number of carboxylic acids is 1. The van der Waals surface area contributed by atoms with Gasteiger partial charge in [0.1, 0.15) is 0 Å². The summed E-state index contributed by atoms with van der Waals surface area (Å²) in [5, 5.41) is 20.2. The molecule has 0 radical (unpaired) electrons. The molecule has 0 unspecified atom stereocenters. The third kappa shape index (κ3) is 12.4. The van der Waals surface area contributed by atoms with Gasteiger partial charge in [0, 0.05) is 17.5 Å². The molecule has 1 amide bonds. The van der Waals surface area contributed by atoms with E-state index < -0.39 is 31.4 Å². The second kappa shape index (κ2) is 13.4. The number of carbonyl (C=O) groups excluding carboxylic acids is 2. The van der Waals surface area contributed by atoms with E-state index in [9.17, 15) is 14.7 Å². The molecule has 0 saturated heterocycles. The Bertz CT molecular complexity index is 392. The third-order valence-corrected chi connectivity index (χ3v) is 2.57. The van der Waals surface area contributed by atoms with Crippen LogP contribution < -0.4 is 40.0 Å². The van der Waals surface area contributed by atoms with Gasteiger partial charge >= 0.3 is 29.6 Å². The Hall–Kier alpha value is -0.590. The second-order valence-electron chi connectivity index (χ2n) is 4.37. The van der Waals surface area contributed by atoms with Crippen molar-refractivity contribution in [2.45, 2.75) is 51.9 Å². The standard InChI is InChI=1S/C13H25N3O3.Na/c1-3-4-5-6-7-8-9-11(17)15-13(14)16(2)10-12(18)19;/h3-10H2,1-2H3,(H,18,19)(H2,14,15,17);/q;+1/p-1/i2D3;. The summed E-state index contributed by atoms with van der Waals surface area (Å²) < 4.78 is 21.5.